The second-order valence-corrected chi connectivity index (χ2v) is 6.33. The van der Waals surface area contributed by atoms with Gasteiger partial charge in [0, 0.05) is 30.8 Å². The van der Waals surface area contributed by atoms with Crippen molar-refractivity contribution >= 4 is 17.4 Å². The van der Waals surface area contributed by atoms with Gasteiger partial charge in [-0.05, 0) is 23.3 Å². The van der Waals surface area contributed by atoms with Crippen molar-refractivity contribution in [3.05, 3.63) is 71.8 Å². The molecule has 1 aliphatic heterocycles. The SMILES string of the molecule is CN1C(=O)C(=O)Cc2c(F)cc(-c3cnn(Cc4ccccc4)c3)cc21. The van der Waals surface area contributed by atoms with Crippen LogP contribution < -0.4 is 4.90 Å². The number of hydrogen-bond acceptors (Lipinski definition) is 3. The highest BCUT2D eigenvalue weighted by Crippen LogP contribution is 2.33. The quantitative estimate of drug-likeness (QED) is 0.683. The summed E-state index contributed by atoms with van der Waals surface area (Å²) in [6, 6.07) is 13.0. The van der Waals surface area contributed by atoms with E-state index in [-0.39, 0.29) is 12.0 Å². The van der Waals surface area contributed by atoms with Crippen LogP contribution in [-0.2, 0) is 22.6 Å². The number of likely N-dealkylation sites (N-methyl/N-ethyl adjacent to an activating group) is 1. The second kappa shape index (κ2) is 6.22. The molecule has 1 aromatic heterocycles. The molecule has 26 heavy (non-hydrogen) atoms. The molecular formula is C20H16FN3O2. The fraction of sp³-hybridized carbons (Fsp3) is 0.150. The summed E-state index contributed by atoms with van der Waals surface area (Å²) in [6.45, 7) is 0.612. The molecule has 0 atom stereocenters. The van der Waals surface area contributed by atoms with E-state index >= 15 is 0 Å². The molecule has 0 spiro atoms. The van der Waals surface area contributed by atoms with E-state index in [1.807, 2.05) is 36.5 Å². The fourth-order valence-corrected chi connectivity index (χ4v) is 3.17. The van der Waals surface area contributed by atoms with Crippen molar-refractivity contribution in [3.8, 4) is 11.1 Å². The molecule has 2 aromatic carbocycles. The van der Waals surface area contributed by atoms with Gasteiger partial charge in [-0.1, -0.05) is 30.3 Å². The van der Waals surface area contributed by atoms with Gasteiger partial charge in [0.05, 0.1) is 18.4 Å². The smallest absolute Gasteiger partial charge is 0.294 e. The highest BCUT2D eigenvalue weighted by Gasteiger charge is 2.31. The van der Waals surface area contributed by atoms with E-state index in [9.17, 15) is 14.0 Å². The van der Waals surface area contributed by atoms with Crippen molar-refractivity contribution in [3.63, 3.8) is 0 Å². The van der Waals surface area contributed by atoms with Crippen LogP contribution in [-0.4, -0.2) is 28.5 Å². The number of nitrogens with zero attached hydrogens (tertiary/aromatic N) is 3. The molecule has 1 amide bonds. The largest absolute Gasteiger partial charge is 0.308 e. The van der Waals surface area contributed by atoms with Crippen molar-refractivity contribution in [1.82, 2.24) is 9.78 Å². The summed E-state index contributed by atoms with van der Waals surface area (Å²) in [7, 11) is 1.49. The number of Topliss-reactive ketones (excluding diaryl/α,β-unsaturated/α-hetero) is 1. The molecule has 0 saturated heterocycles. The Hall–Kier alpha value is -3.28. The first-order chi connectivity index (χ1) is 12.5. The number of carbonyl (C=O) groups excluding carboxylic acids is 2. The fourth-order valence-electron chi connectivity index (χ4n) is 3.17. The van der Waals surface area contributed by atoms with Gasteiger partial charge in [0.2, 0.25) is 5.78 Å². The van der Waals surface area contributed by atoms with Gasteiger partial charge >= 0.3 is 0 Å². The van der Waals surface area contributed by atoms with Gasteiger partial charge in [0.15, 0.2) is 0 Å². The third kappa shape index (κ3) is 2.79. The average Bonchev–Trinajstić information content (AvgIpc) is 3.10. The third-order valence-electron chi connectivity index (χ3n) is 4.57. The van der Waals surface area contributed by atoms with Gasteiger partial charge in [0.25, 0.3) is 5.91 Å². The number of amides is 1. The molecule has 0 aliphatic carbocycles. The molecule has 0 bridgehead atoms. The summed E-state index contributed by atoms with van der Waals surface area (Å²) in [6.07, 6.45) is 3.31. The van der Waals surface area contributed by atoms with E-state index in [0.29, 0.717) is 17.8 Å². The maximum absolute atomic E-state index is 14.5. The third-order valence-corrected chi connectivity index (χ3v) is 4.57. The number of rotatable bonds is 3. The van der Waals surface area contributed by atoms with Gasteiger partial charge in [-0.2, -0.15) is 5.10 Å². The summed E-state index contributed by atoms with van der Waals surface area (Å²) in [5.41, 5.74) is 3.18. The Morgan fingerprint density at radius 2 is 1.88 bits per heavy atom. The van der Waals surface area contributed by atoms with Gasteiger partial charge in [-0.25, -0.2) is 4.39 Å². The number of hydrogen-bond donors (Lipinski definition) is 0. The maximum Gasteiger partial charge on any atom is 0.294 e. The standard InChI is InChI=1S/C20H16FN3O2/c1-23-18-8-14(7-17(21)16(18)9-19(25)20(23)26)15-10-22-24(12-15)11-13-5-3-2-4-6-13/h2-8,10,12H,9,11H2,1H3. The van der Waals surface area contributed by atoms with Crippen LogP contribution in [0.3, 0.4) is 0 Å². The van der Waals surface area contributed by atoms with E-state index in [2.05, 4.69) is 5.10 Å². The normalized spacial score (nSPS) is 13.8. The first kappa shape index (κ1) is 16.2. The Bertz CT molecular complexity index is 1010. The Morgan fingerprint density at radius 1 is 1.12 bits per heavy atom. The summed E-state index contributed by atoms with van der Waals surface area (Å²) in [4.78, 5) is 24.8. The second-order valence-electron chi connectivity index (χ2n) is 6.33. The van der Waals surface area contributed by atoms with E-state index in [0.717, 1.165) is 11.1 Å². The lowest BCUT2D eigenvalue weighted by Gasteiger charge is -2.25. The van der Waals surface area contributed by atoms with Crippen molar-refractivity contribution in [1.29, 1.82) is 0 Å². The minimum absolute atomic E-state index is 0.197. The number of benzene rings is 2. The molecule has 0 unspecified atom stereocenters. The lowest BCUT2D eigenvalue weighted by Crippen LogP contribution is -2.39. The Morgan fingerprint density at radius 3 is 2.65 bits per heavy atom. The highest BCUT2D eigenvalue weighted by molar-refractivity contribution is 6.43. The molecule has 0 saturated carbocycles. The van der Waals surface area contributed by atoms with Crippen LogP contribution in [0.2, 0.25) is 0 Å². The van der Waals surface area contributed by atoms with Gasteiger partial charge in [0.1, 0.15) is 5.82 Å². The van der Waals surface area contributed by atoms with E-state index < -0.39 is 17.5 Å². The molecule has 130 valence electrons. The number of carbonyl (C=O) groups is 2. The summed E-state index contributed by atoms with van der Waals surface area (Å²) in [5.74, 6) is -1.70. The number of fused-ring (bicyclic) bond motifs is 1. The molecule has 0 N–H and O–H groups in total. The first-order valence-electron chi connectivity index (χ1n) is 8.23. The number of anilines is 1. The molecule has 0 radical (unpaired) electrons. The maximum atomic E-state index is 14.5. The predicted molar refractivity (Wildman–Crippen MR) is 95.3 cm³/mol. The van der Waals surface area contributed by atoms with E-state index in [4.69, 9.17) is 0 Å². The van der Waals surface area contributed by atoms with Crippen LogP contribution >= 0.6 is 0 Å². The molecule has 5 nitrogen and oxygen atoms in total. The summed E-state index contributed by atoms with van der Waals surface area (Å²) in [5, 5.41) is 4.34. The van der Waals surface area contributed by atoms with Crippen molar-refractivity contribution in [2.24, 2.45) is 0 Å². The molecule has 3 aromatic rings. The Labute approximate surface area is 149 Å². The zero-order valence-corrected chi connectivity index (χ0v) is 14.1. The lowest BCUT2D eigenvalue weighted by atomic mass is 9.96. The van der Waals surface area contributed by atoms with Crippen LogP contribution in [0.4, 0.5) is 10.1 Å². The molecule has 2 heterocycles. The van der Waals surface area contributed by atoms with Crippen LogP contribution in [0.25, 0.3) is 11.1 Å². The average molecular weight is 349 g/mol. The molecule has 4 rings (SSSR count). The summed E-state index contributed by atoms with van der Waals surface area (Å²) >= 11 is 0. The lowest BCUT2D eigenvalue weighted by molar-refractivity contribution is -0.136. The molecule has 0 fully saturated rings. The molecular weight excluding hydrogens is 333 g/mol. The molecule has 6 heteroatoms. The minimum atomic E-state index is -0.617. The van der Waals surface area contributed by atoms with Crippen LogP contribution in [0.5, 0.6) is 0 Å². The monoisotopic (exact) mass is 349 g/mol. The van der Waals surface area contributed by atoms with Gasteiger partial charge < -0.3 is 4.90 Å². The Balaban J connectivity index is 1.68. The zero-order chi connectivity index (χ0) is 18.3. The van der Waals surface area contributed by atoms with Crippen molar-refractivity contribution in [2.75, 3.05) is 11.9 Å². The van der Waals surface area contributed by atoms with Gasteiger partial charge in [-0.15, -0.1) is 0 Å². The van der Waals surface area contributed by atoms with Gasteiger partial charge in [-0.3, -0.25) is 14.3 Å². The number of aromatic nitrogens is 2. The minimum Gasteiger partial charge on any atom is -0.308 e. The predicted octanol–water partition coefficient (Wildman–Crippen LogP) is 2.83. The topological polar surface area (TPSA) is 55.2 Å². The van der Waals surface area contributed by atoms with Crippen LogP contribution in [0.15, 0.2) is 54.9 Å². The van der Waals surface area contributed by atoms with Crippen molar-refractivity contribution in [2.45, 2.75) is 13.0 Å². The van der Waals surface area contributed by atoms with E-state index in [1.165, 1.54) is 18.0 Å². The summed E-state index contributed by atoms with van der Waals surface area (Å²) < 4.78 is 16.3. The number of ketones is 1. The first-order valence-corrected chi connectivity index (χ1v) is 8.23. The van der Waals surface area contributed by atoms with E-state index in [1.54, 1.807) is 16.9 Å². The molecule has 1 aliphatic rings. The number of halogens is 1. The zero-order valence-electron chi connectivity index (χ0n) is 14.1. The highest BCUT2D eigenvalue weighted by atomic mass is 19.1. The Kier molecular flexibility index (Phi) is 3.88. The van der Waals surface area contributed by atoms with Crippen LogP contribution in [0, 0.1) is 5.82 Å². The van der Waals surface area contributed by atoms with Crippen LogP contribution in [0.1, 0.15) is 11.1 Å². The van der Waals surface area contributed by atoms with Crippen molar-refractivity contribution < 1.29 is 14.0 Å².